The number of hydrogen-bond acceptors (Lipinski definition) is 4. The van der Waals surface area contributed by atoms with Crippen LogP contribution in [0, 0.1) is 11.2 Å². The van der Waals surface area contributed by atoms with Gasteiger partial charge in [0.05, 0.1) is 5.41 Å². The van der Waals surface area contributed by atoms with E-state index in [1.54, 1.807) is 23.9 Å². The summed E-state index contributed by atoms with van der Waals surface area (Å²) >= 11 is 1.61. The van der Waals surface area contributed by atoms with Gasteiger partial charge in [-0.15, -0.1) is 12.4 Å². The number of nitrogens with two attached hydrogens (primary N) is 1. The van der Waals surface area contributed by atoms with E-state index in [-0.39, 0.29) is 24.1 Å². The fourth-order valence-corrected chi connectivity index (χ4v) is 3.35. The maximum Gasteiger partial charge on any atom is 0.227 e. The second-order valence-electron chi connectivity index (χ2n) is 5.50. The summed E-state index contributed by atoms with van der Waals surface area (Å²) < 4.78 is 18.8. The number of hydrogen-bond donors (Lipinski definition) is 2. The molecule has 1 aromatic carbocycles. The van der Waals surface area contributed by atoms with E-state index in [1.807, 2.05) is 6.07 Å². The Morgan fingerprint density at radius 2 is 2.04 bits per heavy atom. The second-order valence-corrected chi connectivity index (χ2v) is 6.60. The standard InChI is InChI=1S/C16H23FN2O2S.ClH/c17-14-4-2-1-3-13(14)11-22-10-7-19-15(20)16(12-18)5-8-21-9-6-16;/h1-4H,5-12,18H2,(H,19,20);1H. The zero-order chi connectivity index (χ0) is 15.8. The average Bonchev–Trinajstić information content (AvgIpc) is 2.56. The molecule has 2 rings (SSSR count). The minimum Gasteiger partial charge on any atom is -0.381 e. The normalized spacial score (nSPS) is 16.4. The Labute approximate surface area is 147 Å². The van der Waals surface area contributed by atoms with Crippen LogP contribution in [0.5, 0.6) is 0 Å². The Morgan fingerprint density at radius 1 is 1.35 bits per heavy atom. The van der Waals surface area contributed by atoms with Crippen molar-refractivity contribution >= 4 is 30.1 Å². The summed E-state index contributed by atoms with van der Waals surface area (Å²) in [5, 5.41) is 2.96. The van der Waals surface area contributed by atoms with Crippen LogP contribution >= 0.6 is 24.2 Å². The highest BCUT2D eigenvalue weighted by Crippen LogP contribution is 2.29. The molecule has 1 fully saturated rings. The van der Waals surface area contributed by atoms with E-state index in [4.69, 9.17) is 10.5 Å². The molecule has 0 aromatic heterocycles. The molecular formula is C16H24ClFN2O2S. The summed E-state index contributed by atoms with van der Waals surface area (Å²) in [6.45, 7) is 2.10. The van der Waals surface area contributed by atoms with E-state index in [0.29, 0.717) is 50.5 Å². The van der Waals surface area contributed by atoms with Crippen LogP contribution in [0.2, 0.25) is 0 Å². The Kier molecular flexibility index (Phi) is 8.91. The van der Waals surface area contributed by atoms with Gasteiger partial charge in [-0.2, -0.15) is 11.8 Å². The zero-order valence-electron chi connectivity index (χ0n) is 13.1. The van der Waals surface area contributed by atoms with Crippen molar-refractivity contribution in [3.8, 4) is 0 Å². The summed E-state index contributed by atoms with van der Waals surface area (Å²) in [6.07, 6.45) is 1.36. The molecule has 1 heterocycles. The van der Waals surface area contributed by atoms with Crippen molar-refractivity contribution in [2.45, 2.75) is 18.6 Å². The van der Waals surface area contributed by atoms with Gasteiger partial charge < -0.3 is 15.8 Å². The Hall–Kier alpha value is -0.820. The first-order chi connectivity index (χ1) is 10.7. The molecule has 23 heavy (non-hydrogen) atoms. The van der Waals surface area contributed by atoms with E-state index >= 15 is 0 Å². The fourth-order valence-electron chi connectivity index (χ4n) is 2.51. The predicted molar refractivity (Wildman–Crippen MR) is 94.4 cm³/mol. The molecule has 0 radical (unpaired) electrons. The topological polar surface area (TPSA) is 64.4 Å². The van der Waals surface area contributed by atoms with Crippen molar-refractivity contribution in [3.05, 3.63) is 35.6 Å². The molecule has 1 amide bonds. The molecular weight excluding hydrogens is 339 g/mol. The monoisotopic (exact) mass is 362 g/mol. The molecule has 0 bridgehead atoms. The molecule has 130 valence electrons. The number of halogens is 2. The van der Waals surface area contributed by atoms with E-state index in [0.717, 1.165) is 5.75 Å². The second kappa shape index (κ2) is 10.1. The van der Waals surface area contributed by atoms with Gasteiger partial charge in [-0.1, -0.05) is 18.2 Å². The maximum atomic E-state index is 13.5. The minimum atomic E-state index is -0.478. The number of benzene rings is 1. The van der Waals surface area contributed by atoms with Crippen molar-refractivity contribution in [2.75, 3.05) is 32.1 Å². The van der Waals surface area contributed by atoms with Gasteiger partial charge in [0.15, 0.2) is 0 Å². The SMILES string of the molecule is Cl.NCC1(C(=O)NCCSCc2ccccc2F)CCOCC1. The highest BCUT2D eigenvalue weighted by atomic mass is 35.5. The van der Waals surface area contributed by atoms with Gasteiger partial charge in [0.2, 0.25) is 5.91 Å². The Morgan fingerprint density at radius 3 is 2.70 bits per heavy atom. The summed E-state index contributed by atoms with van der Waals surface area (Å²) in [7, 11) is 0. The van der Waals surface area contributed by atoms with Gasteiger partial charge >= 0.3 is 0 Å². The van der Waals surface area contributed by atoms with Crippen LogP contribution in [0.4, 0.5) is 4.39 Å². The van der Waals surface area contributed by atoms with Crippen LogP contribution in [0.15, 0.2) is 24.3 Å². The summed E-state index contributed by atoms with van der Waals surface area (Å²) in [4.78, 5) is 12.3. The lowest BCUT2D eigenvalue weighted by atomic mass is 9.79. The molecule has 1 aliphatic rings. The van der Waals surface area contributed by atoms with Gasteiger partial charge in [-0.05, 0) is 24.5 Å². The average molecular weight is 363 g/mol. The van der Waals surface area contributed by atoms with Crippen LogP contribution in [-0.2, 0) is 15.3 Å². The quantitative estimate of drug-likeness (QED) is 0.731. The number of carbonyl (C=O) groups is 1. The third kappa shape index (κ3) is 5.64. The van der Waals surface area contributed by atoms with Crippen LogP contribution < -0.4 is 11.1 Å². The number of nitrogens with one attached hydrogen (secondary N) is 1. The highest BCUT2D eigenvalue weighted by molar-refractivity contribution is 7.98. The molecule has 4 nitrogen and oxygen atoms in total. The maximum absolute atomic E-state index is 13.5. The van der Waals surface area contributed by atoms with Gasteiger partial charge in [0.25, 0.3) is 0 Å². The first-order valence-corrected chi connectivity index (χ1v) is 8.71. The molecule has 0 saturated carbocycles. The van der Waals surface area contributed by atoms with Crippen LogP contribution in [0.3, 0.4) is 0 Å². The van der Waals surface area contributed by atoms with E-state index in [2.05, 4.69) is 5.32 Å². The van der Waals surface area contributed by atoms with Crippen molar-refractivity contribution in [3.63, 3.8) is 0 Å². The molecule has 0 unspecified atom stereocenters. The lowest BCUT2D eigenvalue weighted by Crippen LogP contribution is -2.49. The lowest BCUT2D eigenvalue weighted by Gasteiger charge is -2.34. The van der Waals surface area contributed by atoms with Crippen molar-refractivity contribution in [2.24, 2.45) is 11.1 Å². The molecule has 3 N–H and O–H groups in total. The molecule has 0 atom stereocenters. The predicted octanol–water partition coefficient (Wildman–Crippen LogP) is 2.35. The van der Waals surface area contributed by atoms with Crippen LogP contribution in [0.1, 0.15) is 18.4 Å². The van der Waals surface area contributed by atoms with Gasteiger partial charge in [-0.3, -0.25) is 4.79 Å². The fraction of sp³-hybridized carbons (Fsp3) is 0.562. The summed E-state index contributed by atoms with van der Waals surface area (Å²) in [6, 6.07) is 6.76. The largest absolute Gasteiger partial charge is 0.381 e. The summed E-state index contributed by atoms with van der Waals surface area (Å²) in [5.41, 5.74) is 6.02. The molecule has 1 saturated heterocycles. The Bertz CT molecular complexity index is 499. The van der Waals surface area contributed by atoms with Crippen LogP contribution in [-0.4, -0.2) is 38.0 Å². The molecule has 0 spiro atoms. The number of ether oxygens (including phenoxy) is 1. The van der Waals surface area contributed by atoms with Crippen LogP contribution in [0.25, 0.3) is 0 Å². The van der Waals surface area contributed by atoms with Gasteiger partial charge in [-0.25, -0.2) is 4.39 Å². The van der Waals surface area contributed by atoms with Crippen molar-refractivity contribution < 1.29 is 13.9 Å². The van der Waals surface area contributed by atoms with E-state index < -0.39 is 5.41 Å². The number of carbonyl (C=O) groups excluding carboxylic acids is 1. The van der Waals surface area contributed by atoms with Gasteiger partial charge in [0.1, 0.15) is 5.82 Å². The third-order valence-corrected chi connectivity index (χ3v) is 5.08. The third-order valence-electron chi connectivity index (χ3n) is 4.07. The number of amides is 1. The highest BCUT2D eigenvalue weighted by Gasteiger charge is 2.38. The molecule has 0 aliphatic carbocycles. The van der Waals surface area contributed by atoms with Gasteiger partial charge in [0, 0.05) is 37.8 Å². The Balaban J connectivity index is 0.00000264. The lowest BCUT2D eigenvalue weighted by molar-refractivity contribution is -0.135. The first kappa shape index (κ1) is 20.2. The zero-order valence-corrected chi connectivity index (χ0v) is 14.7. The summed E-state index contributed by atoms with van der Waals surface area (Å²) in [5.74, 6) is 1.20. The minimum absolute atomic E-state index is 0. The molecule has 1 aliphatic heterocycles. The smallest absolute Gasteiger partial charge is 0.227 e. The number of thioether (sulfide) groups is 1. The van der Waals surface area contributed by atoms with E-state index in [9.17, 15) is 9.18 Å². The van der Waals surface area contributed by atoms with Crippen molar-refractivity contribution in [1.29, 1.82) is 0 Å². The number of rotatable bonds is 7. The van der Waals surface area contributed by atoms with E-state index in [1.165, 1.54) is 6.07 Å². The first-order valence-electron chi connectivity index (χ1n) is 7.55. The molecule has 7 heteroatoms. The molecule has 1 aromatic rings. The van der Waals surface area contributed by atoms with Crippen molar-refractivity contribution in [1.82, 2.24) is 5.32 Å².